The molecule has 0 radical (unpaired) electrons. The molecule has 0 saturated carbocycles. The summed E-state index contributed by atoms with van der Waals surface area (Å²) < 4.78 is 5.69. The first-order valence-electron chi connectivity index (χ1n) is 8.35. The summed E-state index contributed by atoms with van der Waals surface area (Å²) in [5, 5.41) is 21.1. The molecule has 1 atom stereocenters. The summed E-state index contributed by atoms with van der Waals surface area (Å²) in [6.45, 7) is -0.405. The fraction of sp³-hybridized carbons (Fsp3) is 0.158. The number of rotatable bonds is 4. The maximum absolute atomic E-state index is 13.2. The summed E-state index contributed by atoms with van der Waals surface area (Å²) in [6, 6.07) is 9.28. The highest BCUT2D eigenvalue weighted by Crippen LogP contribution is 2.38. The fourth-order valence-corrected chi connectivity index (χ4v) is 3.66. The number of nitrogens with zero attached hydrogens (tertiary/aromatic N) is 2. The van der Waals surface area contributed by atoms with Crippen LogP contribution < -0.4 is 5.43 Å². The van der Waals surface area contributed by atoms with Crippen LogP contribution in [0.1, 0.15) is 27.7 Å². The molecular weight excluding hydrogens is 388 g/mol. The van der Waals surface area contributed by atoms with Gasteiger partial charge in [0.25, 0.3) is 11.6 Å². The Morgan fingerprint density at radius 3 is 2.71 bits per heavy atom. The minimum absolute atomic E-state index is 0.0626. The van der Waals surface area contributed by atoms with Crippen molar-refractivity contribution in [2.75, 3.05) is 13.2 Å². The van der Waals surface area contributed by atoms with Gasteiger partial charge in [0.2, 0.25) is 5.76 Å². The highest BCUT2D eigenvalue weighted by atomic mass is 35.5. The number of nitro benzene ring substituents is 1. The fourth-order valence-electron chi connectivity index (χ4n) is 3.49. The summed E-state index contributed by atoms with van der Waals surface area (Å²) in [5.74, 6) is -0.695. The second-order valence-corrected chi connectivity index (χ2v) is 6.73. The van der Waals surface area contributed by atoms with Crippen molar-refractivity contribution in [3.8, 4) is 0 Å². The van der Waals surface area contributed by atoms with Crippen LogP contribution in [-0.2, 0) is 0 Å². The van der Waals surface area contributed by atoms with Gasteiger partial charge in [-0.2, -0.15) is 0 Å². The number of non-ortho nitro benzene ring substituents is 1. The first-order chi connectivity index (χ1) is 13.4. The maximum atomic E-state index is 13.2. The second-order valence-electron chi connectivity index (χ2n) is 6.29. The van der Waals surface area contributed by atoms with Crippen molar-refractivity contribution in [1.82, 2.24) is 4.90 Å². The Kier molecular flexibility index (Phi) is 4.37. The summed E-state index contributed by atoms with van der Waals surface area (Å²) in [7, 11) is 0. The molecule has 1 aliphatic heterocycles. The maximum Gasteiger partial charge on any atom is 0.290 e. The van der Waals surface area contributed by atoms with Crippen LogP contribution in [0.5, 0.6) is 0 Å². The molecule has 28 heavy (non-hydrogen) atoms. The van der Waals surface area contributed by atoms with Gasteiger partial charge in [-0.25, -0.2) is 0 Å². The van der Waals surface area contributed by atoms with Crippen molar-refractivity contribution >= 4 is 34.2 Å². The van der Waals surface area contributed by atoms with Gasteiger partial charge in [-0.1, -0.05) is 23.7 Å². The van der Waals surface area contributed by atoms with Gasteiger partial charge in [0, 0.05) is 23.7 Å². The molecule has 1 aliphatic rings. The van der Waals surface area contributed by atoms with Crippen LogP contribution >= 0.6 is 11.6 Å². The molecule has 4 rings (SSSR count). The summed E-state index contributed by atoms with van der Waals surface area (Å²) in [4.78, 5) is 37.9. The summed E-state index contributed by atoms with van der Waals surface area (Å²) >= 11 is 5.99. The summed E-state index contributed by atoms with van der Waals surface area (Å²) in [5.41, 5.74) is 0.0573. The van der Waals surface area contributed by atoms with E-state index in [4.69, 9.17) is 16.0 Å². The van der Waals surface area contributed by atoms with Gasteiger partial charge in [0.15, 0.2) is 5.43 Å². The third-order valence-electron chi connectivity index (χ3n) is 4.67. The zero-order valence-electron chi connectivity index (χ0n) is 14.3. The molecule has 142 valence electrons. The topological polar surface area (TPSA) is 114 Å². The number of halogens is 1. The third kappa shape index (κ3) is 2.74. The molecule has 9 heteroatoms. The van der Waals surface area contributed by atoms with E-state index in [1.807, 2.05) is 0 Å². The minimum atomic E-state index is -0.908. The van der Waals surface area contributed by atoms with Crippen molar-refractivity contribution in [3.63, 3.8) is 0 Å². The van der Waals surface area contributed by atoms with Crippen LogP contribution in [0.3, 0.4) is 0 Å². The average Bonchev–Trinajstić information content (AvgIpc) is 2.95. The Bertz CT molecular complexity index is 1190. The standard InChI is InChI=1S/C19H13ClN2O6/c20-11-4-5-14-13(9-11)17(24)15-16(10-2-1-3-12(8-10)22(26)27)21(6-7-23)19(25)18(15)28-14/h1-5,8-9,16,23H,6-7H2/t16-/m0/s1. The number of benzene rings is 2. The smallest absolute Gasteiger partial charge is 0.290 e. The van der Waals surface area contributed by atoms with Gasteiger partial charge in [0.05, 0.1) is 28.5 Å². The van der Waals surface area contributed by atoms with Crippen LogP contribution in [0.25, 0.3) is 11.0 Å². The van der Waals surface area contributed by atoms with Gasteiger partial charge in [-0.15, -0.1) is 0 Å². The van der Waals surface area contributed by atoms with Crippen LogP contribution in [0.15, 0.2) is 51.7 Å². The van der Waals surface area contributed by atoms with Gasteiger partial charge in [-0.05, 0) is 23.8 Å². The van der Waals surface area contributed by atoms with E-state index in [0.717, 1.165) is 0 Å². The lowest BCUT2D eigenvalue weighted by atomic mass is 9.98. The Labute approximate surface area is 162 Å². The van der Waals surface area contributed by atoms with Crippen LogP contribution in [-0.4, -0.2) is 34.0 Å². The number of aliphatic hydroxyl groups is 1. The summed E-state index contributed by atoms with van der Waals surface area (Å²) in [6.07, 6.45) is 0. The second kappa shape index (κ2) is 6.74. The molecule has 0 saturated heterocycles. The predicted octanol–water partition coefficient (Wildman–Crippen LogP) is 2.89. The highest BCUT2D eigenvalue weighted by molar-refractivity contribution is 6.31. The molecular formula is C19H13ClN2O6. The lowest BCUT2D eigenvalue weighted by Crippen LogP contribution is -2.32. The molecule has 0 bridgehead atoms. The molecule has 8 nitrogen and oxygen atoms in total. The number of β-amino-alcohol motifs (C(OH)–C–C–N with tert-alkyl or cyclic N) is 1. The lowest BCUT2D eigenvalue weighted by molar-refractivity contribution is -0.384. The van der Waals surface area contributed by atoms with Crippen molar-refractivity contribution in [1.29, 1.82) is 0 Å². The molecule has 1 aromatic heterocycles. The van der Waals surface area contributed by atoms with E-state index in [9.17, 15) is 24.8 Å². The number of carbonyl (C=O) groups is 1. The molecule has 2 aromatic carbocycles. The molecule has 0 fully saturated rings. The Hall–Kier alpha value is -3.23. The zero-order valence-corrected chi connectivity index (χ0v) is 15.0. The lowest BCUT2D eigenvalue weighted by Gasteiger charge is -2.24. The number of hydrogen-bond donors (Lipinski definition) is 1. The van der Waals surface area contributed by atoms with Crippen molar-refractivity contribution < 1.29 is 19.2 Å². The van der Waals surface area contributed by atoms with Gasteiger partial charge < -0.3 is 14.4 Å². The molecule has 0 aliphatic carbocycles. The largest absolute Gasteiger partial charge is 0.450 e. The number of hydrogen-bond acceptors (Lipinski definition) is 6. The van der Waals surface area contributed by atoms with E-state index in [0.29, 0.717) is 10.6 Å². The molecule has 2 heterocycles. The van der Waals surface area contributed by atoms with Crippen LogP contribution in [0.2, 0.25) is 5.02 Å². The Morgan fingerprint density at radius 1 is 1.21 bits per heavy atom. The number of amides is 1. The number of nitro groups is 1. The van der Waals surface area contributed by atoms with Gasteiger partial charge in [-0.3, -0.25) is 19.7 Å². The third-order valence-corrected chi connectivity index (χ3v) is 4.90. The van der Waals surface area contributed by atoms with Crippen LogP contribution in [0.4, 0.5) is 5.69 Å². The average molecular weight is 401 g/mol. The van der Waals surface area contributed by atoms with E-state index in [1.54, 1.807) is 12.1 Å². The normalized spacial score (nSPS) is 15.9. The van der Waals surface area contributed by atoms with Gasteiger partial charge >= 0.3 is 0 Å². The molecule has 3 aromatic rings. The SMILES string of the molecule is O=C1c2oc3ccc(Cl)cc3c(=O)c2[C@H](c2cccc([N+](=O)[O-])c2)N1CCO. The molecule has 1 N–H and O–H groups in total. The Morgan fingerprint density at radius 2 is 2.00 bits per heavy atom. The monoisotopic (exact) mass is 400 g/mol. The number of carbonyl (C=O) groups excluding carboxylic acids is 1. The van der Waals surface area contributed by atoms with Gasteiger partial charge in [0.1, 0.15) is 5.58 Å². The van der Waals surface area contributed by atoms with Crippen molar-refractivity contribution in [2.24, 2.45) is 0 Å². The number of aliphatic hydroxyl groups excluding tert-OH is 1. The quantitative estimate of drug-likeness (QED) is 0.532. The minimum Gasteiger partial charge on any atom is -0.450 e. The Balaban J connectivity index is 2.01. The first-order valence-corrected chi connectivity index (χ1v) is 8.72. The molecule has 0 spiro atoms. The van der Waals surface area contributed by atoms with E-state index in [2.05, 4.69) is 0 Å². The first kappa shape index (κ1) is 18.1. The molecule has 0 unspecified atom stereocenters. The van der Waals surface area contributed by atoms with E-state index >= 15 is 0 Å². The number of fused-ring (bicyclic) bond motifs is 2. The predicted molar refractivity (Wildman–Crippen MR) is 101 cm³/mol. The zero-order chi connectivity index (χ0) is 20.0. The van der Waals surface area contributed by atoms with Crippen molar-refractivity contribution in [3.05, 3.63) is 84.7 Å². The highest BCUT2D eigenvalue weighted by Gasteiger charge is 2.42. The van der Waals surface area contributed by atoms with Crippen LogP contribution in [0, 0.1) is 10.1 Å². The van der Waals surface area contributed by atoms with Crippen molar-refractivity contribution in [2.45, 2.75) is 6.04 Å². The van der Waals surface area contributed by atoms with E-state index in [1.165, 1.54) is 35.2 Å². The van der Waals surface area contributed by atoms with E-state index < -0.39 is 22.3 Å². The molecule has 1 amide bonds. The van der Waals surface area contributed by atoms with E-state index in [-0.39, 0.29) is 41.1 Å².